The van der Waals surface area contributed by atoms with E-state index in [-0.39, 0.29) is 42.3 Å². The summed E-state index contributed by atoms with van der Waals surface area (Å²) in [4.78, 5) is 6.66. The molecule has 9 nitrogen and oxygen atoms in total. The van der Waals surface area contributed by atoms with E-state index >= 15 is 0 Å². The molecule has 0 spiro atoms. The van der Waals surface area contributed by atoms with E-state index < -0.39 is 16.3 Å². The fraction of sp³-hybridized carbons (Fsp3) is 0.364. The minimum Gasteiger partial charge on any atom is -0.392 e. The molecule has 0 saturated carbocycles. The molecule has 0 bridgehead atoms. The van der Waals surface area contributed by atoms with E-state index in [0.29, 0.717) is 18.6 Å². The Morgan fingerprint density at radius 1 is 0.953 bits per heavy atom. The van der Waals surface area contributed by atoms with Gasteiger partial charge in [0.1, 0.15) is 4.90 Å². The van der Waals surface area contributed by atoms with Gasteiger partial charge in [-0.3, -0.25) is 9.88 Å². The van der Waals surface area contributed by atoms with Crippen molar-refractivity contribution >= 4 is 20.9 Å². The molecule has 2 fully saturated rings. The number of fused-ring (bicyclic) bond motifs is 1. The number of likely N-dealkylation sites (tertiary alicyclic amines) is 1. The largest absolute Gasteiger partial charge is 0.392 e. The summed E-state index contributed by atoms with van der Waals surface area (Å²) in [6.07, 6.45) is 1.05. The molecule has 43 heavy (non-hydrogen) atoms. The zero-order valence-corrected chi connectivity index (χ0v) is 24.9. The van der Waals surface area contributed by atoms with Crippen LogP contribution in [0.2, 0.25) is 0 Å². The van der Waals surface area contributed by atoms with Crippen LogP contribution in [-0.4, -0.2) is 60.4 Å². The molecule has 5 atom stereocenters. The second-order valence-corrected chi connectivity index (χ2v) is 13.2. The zero-order valence-electron chi connectivity index (χ0n) is 24.0. The molecule has 10 heteroatoms. The van der Waals surface area contributed by atoms with Crippen LogP contribution in [0, 0.1) is 5.92 Å². The SMILES string of the molecule is CC1C(CN2CCC(O)C2)OC(c2ccc(CNS(=O)(=O)c3cccc4cccnc34)cc2)OC1c1ccc(CO)cc1. The fourth-order valence-corrected chi connectivity index (χ4v) is 7.10. The summed E-state index contributed by atoms with van der Waals surface area (Å²) in [6.45, 7) is 4.37. The highest BCUT2D eigenvalue weighted by Gasteiger charge is 2.39. The molecule has 2 aliphatic heterocycles. The molecule has 226 valence electrons. The van der Waals surface area contributed by atoms with Gasteiger partial charge in [0.15, 0.2) is 6.29 Å². The summed E-state index contributed by atoms with van der Waals surface area (Å²) >= 11 is 0. The molecular formula is C33H37N3O6S. The third-order valence-electron chi connectivity index (χ3n) is 8.41. The molecule has 0 radical (unpaired) electrons. The van der Waals surface area contributed by atoms with Gasteiger partial charge in [0.2, 0.25) is 10.0 Å². The van der Waals surface area contributed by atoms with Gasteiger partial charge in [0, 0.05) is 49.2 Å². The highest BCUT2D eigenvalue weighted by Crippen LogP contribution is 2.42. The number of β-amino-alcohol motifs (C(OH)–C–C–N with tert-alkyl or cyclic N) is 1. The standard InChI is InChI=1S/C33H37N3O6S/c1-22-29(20-36-17-15-28(38)19-36)41-33(42-32(22)26-11-9-24(21-37)10-12-26)27-13-7-23(8-14-27)18-35-43(39,40)30-6-2-4-25-5-3-16-34-31(25)30/h2-14,16,22,28-29,32-33,35,37-38H,15,17-21H2,1H3. The van der Waals surface area contributed by atoms with E-state index in [4.69, 9.17) is 9.47 Å². The number of pyridine rings is 1. The summed E-state index contributed by atoms with van der Waals surface area (Å²) in [5, 5.41) is 20.3. The van der Waals surface area contributed by atoms with Crippen molar-refractivity contribution in [3.05, 3.63) is 107 Å². The van der Waals surface area contributed by atoms with Gasteiger partial charge in [-0.2, -0.15) is 0 Å². The van der Waals surface area contributed by atoms with E-state index in [9.17, 15) is 18.6 Å². The number of ether oxygens (including phenoxy) is 2. The normalized spacial score (nSPS) is 24.9. The first kappa shape index (κ1) is 29.8. The zero-order chi connectivity index (χ0) is 30.0. The number of hydrogen-bond donors (Lipinski definition) is 3. The smallest absolute Gasteiger partial charge is 0.243 e. The van der Waals surface area contributed by atoms with Gasteiger partial charge >= 0.3 is 0 Å². The summed E-state index contributed by atoms with van der Waals surface area (Å²) in [6, 6.07) is 24.1. The Hall–Kier alpha value is -3.22. The predicted molar refractivity (Wildman–Crippen MR) is 162 cm³/mol. The van der Waals surface area contributed by atoms with Crippen LogP contribution in [0.5, 0.6) is 0 Å². The molecule has 3 N–H and O–H groups in total. The number of hydrogen-bond acceptors (Lipinski definition) is 8. The van der Waals surface area contributed by atoms with E-state index in [1.807, 2.05) is 60.7 Å². The number of benzene rings is 3. The molecule has 3 aromatic carbocycles. The van der Waals surface area contributed by atoms with Gasteiger partial charge in [-0.25, -0.2) is 13.1 Å². The number of aliphatic hydroxyl groups is 2. The Kier molecular flexibility index (Phi) is 8.88. The molecule has 4 aromatic rings. The maximum absolute atomic E-state index is 13.1. The first-order valence-electron chi connectivity index (χ1n) is 14.6. The highest BCUT2D eigenvalue weighted by atomic mass is 32.2. The lowest BCUT2D eigenvalue weighted by Crippen LogP contribution is -2.44. The average Bonchev–Trinajstić information content (AvgIpc) is 3.45. The second kappa shape index (κ2) is 12.8. The Morgan fingerprint density at radius 3 is 2.40 bits per heavy atom. The van der Waals surface area contributed by atoms with Crippen LogP contribution in [0.3, 0.4) is 0 Å². The Morgan fingerprint density at radius 2 is 1.67 bits per heavy atom. The minimum absolute atomic E-state index is 0.0195. The van der Waals surface area contributed by atoms with Crippen LogP contribution in [0.25, 0.3) is 10.9 Å². The summed E-state index contributed by atoms with van der Waals surface area (Å²) in [5.41, 5.74) is 3.92. The van der Waals surface area contributed by atoms with Crippen molar-refractivity contribution in [3.63, 3.8) is 0 Å². The van der Waals surface area contributed by atoms with E-state index in [1.165, 1.54) is 0 Å². The monoisotopic (exact) mass is 603 g/mol. The first-order valence-corrected chi connectivity index (χ1v) is 16.1. The second-order valence-electron chi connectivity index (χ2n) is 11.4. The van der Waals surface area contributed by atoms with Crippen molar-refractivity contribution < 1.29 is 28.1 Å². The van der Waals surface area contributed by atoms with Gasteiger partial charge in [-0.05, 0) is 35.2 Å². The summed E-state index contributed by atoms with van der Waals surface area (Å²) in [5.74, 6) is 0.0474. The third-order valence-corrected chi connectivity index (χ3v) is 9.85. The van der Waals surface area contributed by atoms with Gasteiger partial charge in [-0.15, -0.1) is 0 Å². The minimum atomic E-state index is -3.79. The topological polar surface area (TPSA) is 121 Å². The lowest BCUT2D eigenvalue weighted by atomic mass is 9.90. The maximum atomic E-state index is 13.1. The van der Waals surface area contributed by atoms with Crippen molar-refractivity contribution in [2.24, 2.45) is 5.92 Å². The molecule has 0 amide bonds. The number of nitrogens with one attached hydrogen (secondary N) is 1. The van der Waals surface area contributed by atoms with Crippen molar-refractivity contribution in [2.75, 3.05) is 19.6 Å². The summed E-state index contributed by atoms with van der Waals surface area (Å²) in [7, 11) is -3.79. The van der Waals surface area contributed by atoms with Gasteiger partial charge in [0.25, 0.3) is 0 Å². The van der Waals surface area contributed by atoms with Gasteiger partial charge < -0.3 is 19.7 Å². The molecule has 2 saturated heterocycles. The van der Waals surface area contributed by atoms with Crippen molar-refractivity contribution in [1.82, 2.24) is 14.6 Å². The lowest BCUT2D eigenvalue weighted by Gasteiger charge is -2.42. The van der Waals surface area contributed by atoms with E-state index in [1.54, 1.807) is 24.4 Å². The summed E-state index contributed by atoms with van der Waals surface area (Å²) < 4.78 is 42.1. The van der Waals surface area contributed by atoms with Gasteiger partial charge in [-0.1, -0.05) is 73.7 Å². The molecular weight excluding hydrogens is 566 g/mol. The van der Waals surface area contributed by atoms with E-state index in [2.05, 4.69) is 21.5 Å². The predicted octanol–water partition coefficient (Wildman–Crippen LogP) is 4.06. The van der Waals surface area contributed by atoms with Crippen molar-refractivity contribution in [1.29, 1.82) is 0 Å². The van der Waals surface area contributed by atoms with Crippen molar-refractivity contribution in [2.45, 2.75) is 56.0 Å². The lowest BCUT2D eigenvalue weighted by molar-refractivity contribution is -0.276. The van der Waals surface area contributed by atoms with Crippen molar-refractivity contribution in [3.8, 4) is 0 Å². The highest BCUT2D eigenvalue weighted by molar-refractivity contribution is 7.89. The number of rotatable bonds is 9. The fourth-order valence-electron chi connectivity index (χ4n) is 5.90. The molecule has 6 rings (SSSR count). The number of nitrogens with zero attached hydrogens (tertiary/aromatic N) is 2. The van der Waals surface area contributed by atoms with Crippen LogP contribution >= 0.6 is 0 Å². The molecule has 2 aliphatic rings. The number of para-hydroxylation sites is 1. The van der Waals surface area contributed by atoms with Crippen LogP contribution < -0.4 is 4.72 Å². The number of sulfonamides is 1. The van der Waals surface area contributed by atoms with Crippen LogP contribution in [0.4, 0.5) is 0 Å². The maximum Gasteiger partial charge on any atom is 0.243 e. The van der Waals surface area contributed by atoms with Crippen LogP contribution in [0.15, 0.2) is 90.0 Å². The quantitative estimate of drug-likeness (QED) is 0.262. The molecule has 0 aliphatic carbocycles. The third kappa shape index (κ3) is 6.66. The Balaban J connectivity index is 1.18. The van der Waals surface area contributed by atoms with Crippen LogP contribution in [0.1, 0.15) is 48.0 Å². The first-order chi connectivity index (χ1) is 20.8. The Labute approximate surface area is 252 Å². The molecule has 1 aromatic heterocycles. The van der Waals surface area contributed by atoms with Gasteiger partial charge in [0.05, 0.1) is 30.4 Å². The van der Waals surface area contributed by atoms with Crippen LogP contribution in [-0.2, 0) is 32.6 Å². The molecule has 5 unspecified atom stereocenters. The molecule has 3 heterocycles. The van der Waals surface area contributed by atoms with E-state index in [0.717, 1.165) is 40.6 Å². The Bertz CT molecular complexity index is 1640. The number of aliphatic hydroxyl groups excluding tert-OH is 2. The average molecular weight is 604 g/mol. The number of aromatic nitrogens is 1.